The van der Waals surface area contributed by atoms with Crippen LogP contribution < -0.4 is 10.6 Å². The van der Waals surface area contributed by atoms with Crippen molar-refractivity contribution in [3.05, 3.63) is 22.9 Å². The fourth-order valence-corrected chi connectivity index (χ4v) is 3.02. The van der Waals surface area contributed by atoms with Crippen LogP contribution in [-0.4, -0.2) is 35.3 Å². The third-order valence-electron chi connectivity index (χ3n) is 3.78. The van der Waals surface area contributed by atoms with Crippen molar-refractivity contribution < 1.29 is 4.74 Å². The van der Waals surface area contributed by atoms with Gasteiger partial charge in [0.25, 0.3) is 0 Å². The van der Waals surface area contributed by atoms with Gasteiger partial charge in [0.2, 0.25) is 0 Å². The molecule has 2 unspecified atom stereocenters. The van der Waals surface area contributed by atoms with Crippen molar-refractivity contribution >= 4 is 23.0 Å². The molecule has 1 aliphatic heterocycles. The predicted octanol–water partition coefficient (Wildman–Crippen LogP) is 2.34. The Kier molecular flexibility index (Phi) is 4.60. The number of rotatable bonds is 3. The molecule has 0 aliphatic carbocycles. The number of thiocarbonyl (C=S) groups is 1. The zero-order chi connectivity index (χ0) is 14.9. The Labute approximate surface area is 126 Å². The average molecular weight is 293 g/mol. The molecule has 110 valence electrons. The summed E-state index contributed by atoms with van der Waals surface area (Å²) in [6.45, 7) is 9.84. The molecule has 1 aromatic heterocycles. The van der Waals surface area contributed by atoms with E-state index in [-0.39, 0.29) is 6.10 Å². The highest BCUT2D eigenvalue weighted by molar-refractivity contribution is 7.80. The van der Waals surface area contributed by atoms with Crippen molar-refractivity contribution in [1.82, 2.24) is 4.98 Å². The molecule has 0 aromatic carbocycles. The van der Waals surface area contributed by atoms with Crippen LogP contribution in [0.5, 0.6) is 0 Å². The standard InChI is InChI=1S/C15H23N3OS/c1-5-12-8-19-11(4)7-18(12)15-13(14(16)20)9(2)6-10(3)17-15/h6,11-12H,5,7-8H2,1-4H3,(H2,16,20). The molecular formula is C15H23N3OS. The van der Waals surface area contributed by atoms with Gasteiger partial charge in [0.1, 0.15) is 10.8 Å². The Bertz CT molecular complexity index is 518. The van der Waals surface area contributed by atoms with Gasteiger partial charge in [-0.3, -0.25) is 0 Å². The molecule has 4 nitrogen and oxygen atoms in total. The number of hydrogen-bond donors (Lipinski definition) is 1. The van der Waals surface area contributed by atoms with E-state index in [4.69, 9.17) is 27.7 Å². The van der Waals surface area contributed by atoms with Crippen molar-refractivity contribution in [3.8, 4) is 0 Å². The molecule has 20 heavy (non-hydrogen) atoms. The summed E-state index contributed by atoms with van der Waals surface area (Å²) >= 11 is 5.23. The lowest BCUT2D eigenvalue weighted by molar-refractivity contribution is 0.0296. The Morgan fingerprint density at radius 2 is 2.25 bits per heavy atom. The molecule has 2 rings (SSSR count). The lowest BCUT2D eigenvalue weighted by Crippen LogP contribution is -2.49. The number of aryl methyl sites for hydroxylation is 2. The van der Waals surface area contributed by atoms with E-state index in [0.29, 0.717) is 11.0 Å². The van der Waals surface area contributed by atoms with Crippen LogP contribution in [-0.2, 0) is 4.74 Å². The second-order valence-corrected chi connectivity index (χ2v) is 5.94. The number of nitrogens with two attached hydrogens (primary N) is 1. The first-order valence-corrected chi connectivity index (χ1v) is 7.51. The summed E-state index contributed by atoms with van der Waals surface area (Å²) in [4.78, 5) is 7.44. The van der Waals surface area contributed by atoms with Gasteiger partial charge in [-0.15, -0.1) is 0 Å². The summed E-state index contributed by atoms with van der Waals surface area (Å²) in [7, 11) is 0. The zero-order valence-corrected chi connectivity index (χ0v) is 13.5. The van der Waals surface area contributed by atoms with Gasteiger partial charge in [0, 0.05) is 12.2 Å². The minimum Gasteiger partial charge on any atom is -0.389 e. The van der Waals surface area contributed by atoms with Crippen LogP contribution in [0.2, 0.25) is 0 Å². The first-order chi connectivity index (χ1) is 9.43. The zero-order valence-electron chi connectivity index (χ0n) is 12.6. The SMILES string of the molecule is CCC1COC(C)CN1c1nc(C)cc(C)c1C(N)=S. The summed E-state index contributed by atoms with van der Waals surface area (Å²) < 4.78 is 5.76. The predicted molar refractivity (Wildman–Crippen MR) is 86.4 cm³/mol. The summed E-state index contributed by atoms with van der Waals surface area (Å²) in [5, 5.41) is 0. The van der Waals surface area contributed by atoms with Gasteiger partial charge >= 0.3 is 0 Å². The van der Waals surface area contributed by atoms with E-state index in [1.807, 2.05) is 19.9 Å². The molecule has 0 bridgehead atoms. The van der Waals surface area contributed by atoms with Crippen molar-refractivity contribution in [3.63, 3.8) is 0 Å². The smallest absolute Gasteiger partial charge is 0.139 e. The lowest BCUT2D eigenvalue weighted by Gasteiger charge is -2.40. The minimum absolute atomic E-state index is 0.194. The van der Waals surface area contributed by atoms with Crippen LogP contribution >= 0.6 is 12.2 Å². The number of ether oxygens (including phenoxy) is 1. The first-order valence-electron chi connectivity index (χ1n) is 7.10. The van der Waals surface area contributed by atoms with Crippen LogP contribution in [0.15, 0.2) is 6.07 Å². The highest BCUT2D eigenvalue weighted by Crippen LogP contribution is 2.28. The van der Waals surface area contributed by atoms with Gasteiger partial charge in [-0.1, -0.05) is 19.1 Å². The number of morpholine rings is 1. The van der Waals surface area contributed by atoms with Crippen LogP contribution in [0.4, 0.5) is 5.82 Å². The Balaban J connectivity index is 2.51. The van der Waals surface area contributed by atoms with E-state index in [1.165, 1.54) is 0 Å². The summed E-state index contributed by atoms with van der Waals surface area (Å²) in [6.07, 6.45) is 1.21. The quantitative estimate of drug-likeness (QED) is 0.867. The van der Waals surface area contributed by atoms with Gasteiger partial charge in [-0.05, 0) is 38.8 Å². The average Bonchev–Trinajstić information content (AvgIpc) is 2.37. The van der Waals surface area contributed by atoms with Gasteiger partial charge in [0.05, 0.1) is 24.3 Å². The number of hydrogen-bond acceptors (Lipinski definition) is 4. The van der Waals surface area contributed by atoms with Crippen LogP contribution in [0.1, 0.15) is 37.1 Å². The number of anilines is 1. The first kappa shape index (κ1) is 15.2. The summed E-state index contributed by atoms with van der Waals surface area (Å²) in [6, 6.07) is 2.36. The van der Waals surface area contributed by atoms with E-state index in [1.54, 1.807) is 0 Å². The topological polar surface area (TPSA) is 51.4 Å². The van der Waals surface area contributed by atoms with Gasteiger partial charge in [0.15, 0.2) is 0 Å². The lowest BCUT2D eigenvalue weighted by atomic mass is 10.1. The fourth-order valence-electron chi connectivity index (χ4n) is 2.77. The molecule has 2 heterocycles. The molecule has 5 heteroatoms. The molecule has 1 aromatic rings. The van der Waals surface area contributed by atoms with E-state index >= 15 is 0 Å². The summed E-state index contributed by atoms with van der Waals surface area (Å²) in [5.41, 5.74) is 8.91. The minimum atomic E-state index is 0.194. The van der Waals surface area contributed by atoms with Gasteiger partial charge in [-0.25, -0.2) is 4.98 Å². The molecule has 0 amide bonds. The molecule has 0 spiro atoms. The normalized spacial score (nSPS) is 22.9. The summed E-state index contributed by atoms with van der Waals surface area (Å²) in [5.74, 6) is 0.914. The van der Waals surface area contributed by atoms with E-state index < -0.39 is 0 Å². The molecule has 2 atom stereocenters. The third kappa shape index (κ3) is 2.94. The molecule has 0 saturated carbocycles. The highest BCUT2D eigenvalue weighted by atomic mass is 32.1. The maximum absolute atomic E-state index is 5.93. The Morgan fingerprint density at radius 1 is 1.55 bits per heavy atom. The van der Waals surface area contributed by atoms with Crippen molar-refractivity contribution in [2.24, 2.45) is 5.73 Å². The van der Waals surface area contributed by atoms with E-state index in [2.05, 4.69) is 18.7 Å². The molecule has 1 aliphatic rings. The van der Waals surface area contributed by atoms with Crippen LogP contribution in [0.25, 0.3) is 0 Å². The van der Waals surface area contributed by atoms with Crippen molar-refractivity contribution in [1.29, 1.82) is 0 Å². The monoisotopic (exact) mass is 293 g/mol. The third-order valence-corrected chi connectivity index (χ3v) is 3.99. The number of aromatic nitrogens is 1. The van der Waals surface area contributed by atoms with Crippen molar-refractivity contribution in [2.45, 2.75) is 46.3 Å². The van der Waals surface area contributed by atoms with Crippen molar-refractivity contribution in [2.75, 3.05) is 18.1 Å². The van der Waals surface area contributed by atoms with Gasteiger partial charge < -0.3 is 15.4 Å². The second kappa shape index (κ2) is 6.06. The van der Waals surface area contributed by atoms with Gasteiger partial charge in [-0.2, -0.15) is 0 Å². The number of pyridine rings is 1. The van der Waals surface area contributed by atoms with E-state index in [9.17, 15) is 0 Å². The highest BCUT2D eigenvalue weighted by Gasteiger charge is 2.29. The molecule has 1 saturated heterocycles. The molecular weight excluding hydrogens is 270 g/mol. The van der Waals surface area contributed by atoms with Crippen LogP contribution in [0.3, 0.4) is 0 Å². The maximum Gasteiger partial charge on any atom is 0.139 e. The molecule has 0 radical (unpaired) electrons. The molecule has 1 fully saturated rings. The Hall–Kier alpha value is -1.20. The maximum atomic E-state index is 5.93. The Morgan fingerprint density at radius 3 is 2.85 bits per heavy atom. The molecule has 2 N–H and O–H groups in total. The van der Waals surface area contributed by atoms with Crippen LogP contribution in [0, 0.1) is 13.8 Å². The fraction of sp³-hybridized carbons (Fsp3) is 0.600. The second-order valence-electron chi connectivity index (χ2n) is 5.50. The largest absolute Gasteiger partial charge is 0.389 e. The number of nitrogens with zero attached hydrogens (tertiary/aromatic N) is 2. The van der Waals surface area contributed by atoms with E-state index in [0.717, 1.165) is 42.2 Å².